The minimum atomic E-state index is 0.000463. The van der Waals surface area contributed by atoms with Crippen molar-refractivity contribution in [1.29, 1.82) is 0 Å². The molecule has 1 aromatic heterocycles. The Balaban J connectivity index is 2.19. The van der Waals surface area contributed by atoms with Gasteiger partial charge in [-0.2, -0.15) is 0 Å². The van der Waals surface area contributed by atoms with Crippen molar-refractivity contribution in [2.24, 2.45) is 0 Å². The summed E-state index contributed by atoms with van der Waals surface area (Å²) in [6.45, 7) is 4.31. The van der Waals surface area contributed by atoms with E-state index in [1.54, 1.807) is 17.0 Å². The minimum Gasteiger partial charge on any atom is -0.384 e. The van der Waals surface area contributed by atoms with Crippen LogP contribution in [0.1, 0.15) is 16.1 Å². The van der Waals surface area contributed by atoms with Gasteiger partial charge < -0.3 is 15.4 Å². The van der Waals surface area contributed by atoms with Crippen molar-refractivity contribution in [2.75, 3.05) is 32.0 Å². The van der Waals surface area contributed by atoms with Crippen LogP contribution >= 0.6 is 0 Å². The summed E-state index contributed by atoms with van der Waals surface area (Å²) in [6, 6.07) is 3.37. The van der Waals surface area contributed by atoms with Crippen LogP contribution in [0.15, 0.2) is 12.1 Å². The fourth-order valence-corrected chi connectivity index (χ4v) is 1.77. The molecular weight excluding hydrogens is 206 g/mol. The van der Waals surface area contributed by atoms with Crippen LogP contribution < -0.4 is 5.73 Å². The maximum Gasteiger partial charge on any atom is 0.254 e. The first-order valence-electron chi connectivity index (χ1n) is 5.28. The third-order valence-electron chi connectivity index (χ3n) is 2.52. The molecule has 0 aliphatic carbocycles. The molecule has 0 spiro atoms. The average Bonchev–Trinajstić information content (AvgIpc) is 2.28. The Morgan fingerprint density at radius 2 is 2.12 bits per heavy atom. The van der Waals surface area contributed by atoms with Gasteiger partial charge >= 0.3 is 0 Å². The summed E-state index contributed by atoms with van der Waals surface area (Å²) < 4.78 is 5.20. The zero-order chi connectivity index (χ0) is 11.5. The molecule has 1 saturated heterocycles. The van der Waals surface area contributed by atoms with Crippen molar-refractivity contribution in [1.82, 2.24) is 9.88 Å². The number of nitrogens with two attached hydrogens (primary N) is 1. The summed E-state index contributed by atoms with van der Waals surface area (Å²) >= 11 is 0. The van der Waals surface area contributed by atoms with Gasteiger partial charge in [-0.15, -0.1) is 0 Å². The normalized spacial score (nSPS) is 16.2. The zero-order valence-corrected chi connectivity index (χ0v) is 9.27. The molecule has 0 atom stereocenters. The maximum absolute atomic E-state index is 12.1. The quantitative estimate of drug-likeness (QED) is 0.747. The van der Waals surface area contributed by atoms with Crippen molar-refractivity contribution < 1.29 is 9.53 Å². The predicted molar refractivity (Wildman–Crippen MR) is 60.1 cm³/mol. The smallest absolute Gasteiger partial charge is 0.254 e. The lowest BCUT2D eigenvalue weighted by Crippen LogP contribution is -2.40. The predicted octanol–water partition coefficient (Wildman–Crippen LogP) is 0.445. The van der Waals surface area contributed by atoms with Crippen molar-refractivity contribution in [2.45, 2.75) is 6.92 Å². The lowest BCUT2D eigenvalue weighted by molar-refractivity contribution is 0.0303. The lowest BCUT2D eigenvalue weighted by atomic mass is 10.2. The number of morpholine rings is 1. The highest BCUT2D eigenvalue weighted by molar-refractivity contribution is 5.95. The zero-order valence-electron chi connectivity index (χ0n) is 9.27. The van der Waals surface area contributed by atoms with Crippen LogP contribution in [0.5, 0.6) is 0 Å². The van der Waals surface area contributed by atoms with Crippen molar-refractivity contribution in [3.63, 3.8) is 0 Å². The number of ether oxygens (including phenoxy) is 1. The van der Waals surface area contributed by atoms with Gasteiger partial charge in [0.25, 0.3) is 5.91 Å². The van der Waals surface area contributed by atoms with E-state index in [0.717, 1.165) is 5.69 Å². The van der Waals surface area contributed by atoms with Crippen molar-refractivity contribution in [3.05, 3.63) is 23.4 Å². The highest BCUT2D eigenvalue weighted by Gasteiger charge is 2.18. The topological polar surface area (TPSA) is 68.5 Å². The Morgan fingerprint density at radius 3 is 2.75 bits per heavy atom. The number of amides is 1. The Morgan fingerprint density at radius 1 is 1.44 bits per heavy atom. The van der Waals surface area contributed by atoms with E-state index in [4.69, 9.17) is 10.5 Å². The third kappa shape index (κ3) is 2.30. The summed E-state index contributed by atoms with van der Waals surface area (Å²) in [4.78, 5) is 17.9. The van der Waals surface area contributed by atoms with Crippen LogP contribution in [0.4, 0.5) is 5.82 Å². The number of hydrogen-bond acceptors (Lipinski definition) is 4. The number of anilines is 1. The summed E-state index contributed by atoms with van der Waals surface area (Å²) in [5.41, 5.74) is 6.98. The van der Waals surface area contributed by atoms with Crippen LogP contribution in [0.2, 0.25) is 0 Å². The van der Waals surface area contributed by atoms with E-state index in [9.17, 15) is 4.79 Å². The highest BCUT2D eigenvalue weighted by Crippen LogP contribution is 2.11. The van der Waals surface area contributed by atoms with Gasteiger partial charge in [0.05, 0.1) is 13.2 Å². The first-order chi connectivity index (χ1) is 7.66. The van der Waals surface area contributed by atoms with Gasteiger partial charge in [-0.05, 0) is 19.1 Å². The van der Waals surface area contributed by atoms with Crippen LogP contribution in [0.3, 0.4) is 0 Å². The standard InChI is InChI=1S/C11H15N3O2/c1-8-6-9(7-10(12)13-8)11(15)14-2-4-16-5-3-14/h6-7H,2-5H2,1H3,(H2,12,13). The highest BCUT2D eigenvalue weighted by atomic mass is 16.5. The number of carbonyl (C=O) groups is 1. The van der Waals surface area contributed by atoms with Crippen LogP contribution in [0.25, 0.3) is 0 Å². The first kappa shape index (κ1) is 10.9. The number of nitrogen functional groups attached to an aromatic ring is 1. The lowest BCUT2D eigenvalue weighted by Gasteiger charge is -2.26. The number of hydrogen-bond donors (Lipinski definition) is 1. The number of aromatic nitrogens is 1. The van der Waals surface area contributed by atoms with Gasteiger partial charge in [0.1, 0.15) is 5.82 Å². The van der Waals surface area contributed by atoms with E-state index >= 15 is 0 Å². The molecule has 2 heterocycles. The van der Waals surface area contributed by atoms with Crippen LogP contribution in [0, 0.1) is 6.92 Å². The second-order valence-electron chi connectivity index (χ2n) is 3.83. The average molecular weight is 221 g/mol. The number of carbonyl (C=O) groups excluding carboxylic acids is 1. The molecule has 5 heteroatoms. The molecule has 16 heavy (non-hydrogen) atoms. The molecule has 2 N–H and O–H groups in total. The second-order valence-corrected chi connectivity index (χ2v) is 3.83. The van der Waals surface area contributed by atoms with Crippen molar-refractivity contribution in [3.8, 4) is 0 Å². The number of rotatable bonds is 1. The molecule has 1 amide bonds. The molecule has 1 fully saturated rings. The van der Waals surface area contributed by atoms with Crippen molar-refractivity contribution >= 4 is 11.7 Å². The van der Waals surface area contributed by atoms with Crippen LogP contribution in [-0.4, -0.2) is 42.1 Å². The molecule has 0 saturated carbocycles. The van der Waals surface area contributed by atoms with E-state index in [2.05, 4.69) is 4.98 Å². The molecule has 1 aliphatic rings. The fraction of sp³-hybridized carbons (Fsp3) is 0.455. The van der Waals surface area contributed by atoms with Gasteiger partial charge in [-0.3, -0.25) is 4.79 Å². The summed E-state index contributed by atoms with van der Waals surface area (Å²) in [6.07, 6.45) is 0. The molecule has 1 aliphatic heterocycles. The van der Waals surface area contributed by atoms with Gasteiger partial charge in [0.2, 0.25) is 0 Å². The maximum atomic E-state index is 12.1. The Bertz CT molecular complexity index is 380. The van der Waals surface area contributed by atoms with Gasteiger partial charge in [0.15, 0.2) is 0 Å². The largest absolute Gasteiger partial charge is 0.384 e. The molecular formula is C11H15N3O2. The fourth-order valence-electron chi connectivity index (χ4n) is 1.77. The first-order valence-corrected chi connectivity index (χ1v) is 5.28. The number of aryl methyl sites for hydroxylation is 1. The van der Waals surface area contributed by atoms with E-state index in [1.165, 1.54) is 0 Å². The van der Waals surface area contributed by atoms with Gasteiger partial charge in [-0.25, -0.2) is 4.98 Å². The van der Waals surface area contributed by atoms with Crippen LogP contribution in [-0.2, 0) is 4.74 Å². The third-order valence-corrected chi connectivity index (χ3v) is 2.52. The van der Waals surface area contributed by atoms with Gasteiger partial charge in [-0.1, -0.05) is 0 Å². The van der Waals surface area contributed by atoms with E-state index < -0.39 is 0 Å². The Hall–Kier alpha value is -1.62. The number of pyridine rings is 1. The monoisotopic (exact) mass is 221 g/mol. The SMILES string of the molecule is Cc1cc(C(=O)N2CCOCC2)cc(N)n1. The molecule has 86 valence electrons. The summed E-state index contributed by atoms with van der Waals surface area (Å²) in [5, 5.41) is 0. The molecule has 2 rings (SSSR count). The summed E-state index contributed by atoms with van der Waals surface area (Å²) in [7, 11) is 0. The van der Waals surface area contributed by atoms with E-state index in [1.807, 2.05) is 6.92 Å². The van der Waals surface area contributed by atoms with Gasteiger partial charge in [0, 0.05) is 24.3 Å². The Labute approximate surface area is 94.2 Å². The van der Waals surface area contributed by atoms with E-state index in [-0.39, 0.29) is 5.91 Å². The molecule has 5 nitrogen and oxygen atoms in total. The summed E-state index contributed by atoms with van der Waals surface area (Å²) in [5.74, 6) is 0.386. The second kappa shape index (κ2) is 4.49. The molecule has 0 radical (unpaired) electrons. The number of nitrogens with zero attached hydrogens (tertiary/aromatic N) is 2. The molecule has 0 bridgehead atoms. The molecule has 1 aromatic rings. The molecule has 0 unspecified atom stereocenters. The minimum absolute atomic E-state index is 0.000463. The Kier molecular flexibility index (Phi) is 3.05. The molecule has 0 aromatic carbocycles. The van der Waals surface area contributed by atoms with E-state index in [0.29, 0.717) is 37.7 Å².